The molecule has 0 unspecified atom stereocenters. The average Bonchev–Trinajstić information content (AvgIpc) is 2.58. The Morgan fingerprint density at radius 3 is 2.58 bits per heavy atom. The SMILES string of the molecule is COc1ccc(Br)c(/C=N\NC(=O)[C@@H](C)Oc2ccc(Cl)cc2)c1. The molecule has 0 heterocycles. The molecule has 0 aliphatic carbocycles. The van der Waals surface area contributed by atoms with E-state index in [0.717, 1.165) is 10.0 Å². The van der Waals surface area contributed by atoms with E-state index in [1.54, 1.807) is 44.4 Å². The van der Waals surface area contributed by atoms with Crippen LogP contribution in [-0.2, 0) is 4.79 Å². The Labute approximate surface area is 153 Å². The molecule has 1 amide bonds. The van der Waals surface area contributed by atoms with Crippen LogP contribution in [0.15, 0.2) is 52.0 Å². The summed E-state index contributed by atoms with van der Waals surface area (Å²) >= 11 is 9.22. The minimum atomic E-state index is -0.697. The number of amides is 1. The summed E-state index contributed by atoms with van der Waals surface area (Å²) in [5.74, 6) is 0.896. The Morgan fingerprint density at radius 2 is 1.92 bits per heavy atom. The topological polar surface area (TPSA) is 59.9 Å². The van der Waals surface area contributed by atoms with Crippen LogP contribution < -0.4 is 14.9 Å². The van der Waals surface area contributed by atoms with Crippen molar-refractivity contribution in [2.24, 2.45) is 5.10 Å². The maximum absolute atomic E-state index is 12.0. The Kier molecular flexibility index (Phi) is 6.63. The number of nitrogens with zero attached hydrogens (tertiary/aromatic N) is 1. The van der Waals surface area contributed by atoms with Gasteiger partial charge in [-0.2, -0.15) is 5.10 Å². The fourth-order valence-electron chi connectivity index (χ4n) is 1.77. The predicted molar refractivity (Wildman–Crippen MR) is 98.0 cm³/mol. The molecule has 2 rings (SSSR count). The van der Waals surface area contributed by atoms with Gasteiger partial charge in [-0.05, 0) is 49.4 Å². The number of hydrogen-bond donors (Lipinski definition) is 1. The summed E-state index contributed by atoms with van der Waals surface area (Å²) in [5, 5.41) is 4.55. The van der Waals surface area contributed by atoms with Crippen molar-refractivity contribution in [3.05, 3.63) is 57.5 Å². The summed E-state index contributed by atoms with van der Waals surface area (Å²) in [7, 11) is 1.59. The second-order valence-electron chi connectivity index (χ2n) is 4.84. The van der Waals surface area contributed by atoms with E-state index < -0.39 is 6.10 Å². The first kappa shape index (κ1) is 18.3. The molecule has 7 heteroatoms. The molecule has 0 aliphatic rings. The van der Waals surface area contributed by atoms with Crippen LogP contribution in [0.4, 0.5) is 0 Å². The zero-order valence-corrected chi connectivity index (χ0v) is 15.5. The molecule has 2 aromatic rings. The summed E-state index contributed by atoms with van der Waals surface area (Å²) in [5.41, 5.74) is 3.22. The van der Waals surface area contributed by atoms with Crippen LogP contribution in [0.1, 0.15) is 12.5 Å². The molecular formula is C17H16BrClN2O3. The van der Waals surface area contributed by atoms with Crippen LogP contribution in [0, 0.1) is 0 Å². The molecule has 1 atom stereocenters. The normalized spacial score (nSPS) is 12.0. The van der Waals surface area contributed by atoms with Crippen molar-refractivity contribution in [1.82, 2.24) is 5.43 Å². The van der Waals surface area contributed by atoms with Crippen LogP contribution in [-0.4, -0.2) is 25.3 Å². The second-order valence-corrected chi connectivity index (χ2v) is 6.13. The molecule has 0 fully saturated rings. The average molecular weight is 412 g/mol. The summed E-state index contributed by atoms with van der Waals surface area (Å²) in [6, 6.07) is 12.2. The molecule has 126 valence electrons. The Morgan fingerprint density at radius 1 is 1.25 bits per heavy atom. The fraction of sp³-hybridized carbons (Fsp3) is 0.176. The molecule has 1 N–H and O–H groups in total. The van der Waals surface area contributed by atoms with Crippen molar-refractivity contribution in [3.63, 3.8) is 0 Å². The van der Waals surface area contributed by atoms with Gasteiger partial charge in [-0.15, -0.1) is 0 Å². The van der Waals surface area contributed by atoms with Gasteiger partial charge in [0.25, 0.3) is 5.91 Å². The smallest absolute Gasteiger partial charge is 0.280 e. The van der Waals surface area contributed by atoms with Gasteiger partial charge in [-0.25, -0.2) is 5.43 Å². The largest absolute Gasteiger partial charge is 0.497 e. The van der Waals surface area contributed by atoms with E-state index in [1.807, 2.05) is 12.1 Å². The third kappa shape index (κ3) is 5.25. The van der Waals surface area contributed by atoms with Crippen LogP contribution in [0.25, 0.3) is 0 Å². The molecule has 24 heavy (non-hydrogen) atoms. The van der Waals surface area contributed by atoms with Crippen LogP contribution in [0.3, 0.4) is 0 Å². The van der Waals surface area contributed by atoms with E-state index in [1.165, 1.54) is 6.21 Å². The first-order valence-electron chi connectivity index (χ1n) is 7.08. The summed E-state index contributed by atoms with van der Waals surface area (Å²) < 4.78 is 11.5. The van der Waals surface area contributed by atoms with E-state index in [2.05, 4.69) is 26.5 Å². The van der Waals surface area contributed by atoms with Crippen molar-refractivity contribution >= 4 is 39.7 Å². The number of carbonyl (C=O) groups excluding carboxylic acids is 1. The van der Waals surface area contributed by atoms with Crippen molar-refractivity contribution in [2.75, 3.05) is 7.11 Å². The summed E-state index contributed by atoms with van der Waals surface area (Å²) in [6.07, 6.45) is 0.830. The molecule has 0 saturated carbocycles. The Hall–Kier alpha value is -2.05. The number of ether oxygens (including phenoxy) is 2. The molecule has 0 aliphatic heterocycles. The fourth-order valence-corrected chi connectivity index (χ4v) is 2.25. The second kappa shape index (κ2) is 8.70. The van der Waals surface area contributed by atoms with Crippen molar-refractivity contribution in [2.45, 2.75) is 13.0 Å². The monoisotopic (exact) mass is 410 g/mol. The van der Waals surface area contributed by atoms with Gasteiger partial charge in [0.1, 0.15) is 11.5 Å². The van der Waals surface area contributed by atoms with E-state index in [9.17, 15) is 4.79 Å². The molecular weight excluding hydrogens is 396 g/mol. The lowest BCUT2D eigenvalue weighted by Gasteiger charge is -2.12. The Balaban J connectivity index is 1.93. The highest BCUT2D eigenvalue weighted by molar-refractivity contribution is 9.10. The molecule has 0 aromatic heterocycles. The number of hydrazone groups is 1. The lowest BCUT2D eigenvalue weighted by Crippen LogP contribution is -2.33. The highest BCUT2D eigenvalue weighted by Crippen LogP contribution is 2.21. The third-order valence-electron chi connectivity index (χ3n) is 3.08. The Bertz CT molecular complexity index is 735. The van der Waals surface area contributed by atoms with Crippen LogP contribution in [0.2, 0.25) is 5.02 Å². The van der Waals surface area contributed by atoms with Gasteiger partial charge in [-0.3, -0.25) is 4.79 Å². The quantitative estimate of drug-likeness (QED) is 0.577. The molecule has 2 aromatic carbocycles. The summed E-state index contributed by atoms with van der Waals surface area (Å²) in [4.78, 5) is 12.0. The molecule has 0 radical (unpaired) electrons. The van der Waals surface area contributed by atoms with Crippen molar-refractivity contribution in [1.29, 1.82) is 0 Å². The van der Waals surface area contributed by atoms with Crippen molar-refractivity contribution in [3.8, 4) is 11.5 Å². The number of methoxy groups -OCH3 is 1. The molecule has 5 nitrogen and oxygen atoms in total. The molecule has 0 saturated heterocycles. The van der Waals surface area contributed by atoms with Gasteiger partial charge in [0.2, 0.25) is 0 Å². The van der Waals surface area contributed by atoms with Gasteiger partial charge >= 0.3 is 0 Å². The zero-order valence-electron chi connectivity index (χ0n) is 13.1. The number of hydrogen-bond acceptors (Lipinski definition) is 4. The van der Waals surface area contributed by atoms with Gasteiger partial charge in [0.15, 0.2) is 6.10 Å². The van der Waals surface area contributed by atoms with Gasteiger partial charge < -0.3 is 9.47 Å². The van der Waals surface area contributed by atoms with E-state index in [4.69, 9.17) is 21.1 Å². The third-order valence-corrected chi connectivity index (χ3v) is 4.05. The number of halogens is 2. The number of nitrogens with one attached hydrogen (secondary N) is 1. The van der Waals surface area contributed by atoms with Gasteiger partial charge in [-0.1, -0.05) is 27.5 Å². The number of benzene rings is 2. The first-order valence-corrected chi connectivity index (χ1v) is 8.25. The van der Waals surface area contributed by atoms with Crippen LogP contribution in [0.5, 0.6) is 11.5 Å². The maximum atomic E-state index is 12.0. The van der Waals surface area contributed by atoms with E-state index >= 15 is 0 Å². The predicted octanol–water partition coefficient (Wildman–Crippen LogP) is 4.03. The minimum absolute atomic E-state index is 0.361. The summed E-state index contributed by atoms with van der Waals surface area (Å²) in [6.45, 7) is 1.64. The van der Waals surface area contributed by atoms with E-state index in [0.29, 0.717) is 16.5 Å². The lowest BCUT2D eigenvalue weighted by atomic mass is 10.2. The zero-order chi connectivity index (χ0) is 17.5. The van der Waals surface area contributed by atoms with Crippen molar-refractivity contribution < 1.29 is 14.3 Å². The number of rotatable bonds is 6. The van der Waals surface area contributed by atoms with Gasteiger partial charge in [0.05, 0.1) is 13.3 Å². The van der Waals surface area contributed by atoms with Crippen LogP contribution >= 0.6 is 27.5 Å². The highest BCUT2D eigenvalue weighted by Gasteiger charge is 2.13. The maximum Gasteiger partial charge on any atom is 0.280 e. The molecule has 0 spiro atoms. The number of carbonyl (C=O) groups is 1. The highest BCUT2D eigenvalue weighted by atomic mass is 79.9. The molecule has 0 bridgehead atoms. The minimum Gasteiger partial charge on any atom is -0.497 e. The van der Waals surface area contributed by atoms with E-state index in [-0.39, 0.29) is 5.91 Å². The first-order chi connectivity index (χ1) is 11.5. The standard InChI is InChI=1S/C17H16BrClN2O3/c1-11(24-14-5-3-13(19)4-6-14)17(22)21-20-10-12-9-15(23-2)7-8-16(12)18/h3-11H,1-2H3,(H,21,22)/b20-10-/t11-/m1/s1. The van der Waals surface area contributed by atoms with Gasteiger partial charge in [0, 0.05) is 15.1 Å². The lowest BCUT2D eigenvalue weighted by molar-refractivity contribution is -0.127.